The predicted octanol–water partition coefficient (Wildman–Crippen LogP) is 7.46. The summed E-state index contributed by atoms with van der Waals surface area (Å²) in [5, 5.41) is 8.77. The van der Waals surface area contributed by atoms with Gasteiger partial charge in [0.25, 0.3) is 0 Å². The highest BCUT2D eigenvalue weighted by molar-refractivity contribution is 9.11. The van der Waals surface area contributed by atoms with E-state index in [0.29, 0.717) is 0 Å². The Kier molecular flexibility index (Phi) is 6.21. The molecule has 3 rings (SSSR count). The molecule has 0 amide bonds. The van der Waals surface area contributed by atoms with Crippen molar-refractivity contribution in [2.45, 2.75) is 0 Å². The standard InChI is InChI=1S/C18H12Br2N2.H3N/c19-14-10-15(20)12-16(11-14)21-22-18-9-5-4-8-17(18)13-6-2-1-3-7-13;/h1-12H;1H3. The zero-order chi connectivity index (χ0) is 15.4. The first kappa shape index (κ1) is 17.5. The number of nitrogens with zero attached hydrogens (tertiary/aromatic N) is 2. The molecule has 0 heterocycles. The van der Waals surface area contributed by atoms with Crippen molar-refractivity contribution in [1.82, 2.24) is 6.15 Å². The van der Waals surface area contributed by atoms with Gasteiger partial charge >= 0.3 is 0 Å². The van der Waals surface area contributed by atoms with E-state index in [2.05, 4.69) is 60.3 Å². The van der Waals surface area contributed by atoms with Gasteiger partial charge in [0.2, 0.25) is 0 Å². The normalized spacial score (nSPS) is 10.5. The second kappa shape index (κ2) is 8.15. The lowest BCUT2D eigenvalue weighted by molar-refractivity contribution is 1.23. The van der Waals surface area contributed by atoms with Gasteiger partial charge in [0.15, 0.2) is 0 Å². The van der Waals surface area contributed by atoms with E-state index < -0.39 is 0 Å². The largest absolute Gasteiger partial charge is 0.344 e. The third-order valence-electron chi connectivity index (χ3n) is 3.11. The minimum Gasteiger partial charge on any atom is -0.344 e. The molecule has 0 aliphatic rings. The number of rotatable bonds is 3. The fraction of sp³-hybridized carbons (Fsp3) is 0. The monoisotopic (exact) mass is 431 g/mol. The van der Waals surface area contributed by atoms with Crippen molar-refractivity contribution in [3.8, 4) is 11.1 Å². The van der Waals surface area contributed by atoms with Gasteiger partial charge in [-0.15, -0.1) is 5.11 Å². The van der Waals surface area contributed by atoms with Crippen LogP contribution in [0.25, 0.3) is 11.1 Å². The van der Waals surface area contributed by atoms with Crippen molar-refractivity contribution in [3.05, 3.63) is 81.7 Å². The highest BCUT2D eigenvalue weighted by Crippen LogP contribution is 2.32. The summed E-state index contributed by atoms with van der Waals surface area (Å²) in [6.07, 6.45) is 0. The molecule has 0 radical (unpaired) electrons. The Bertz CT molecular complexity index is 797. The van der Waals surface area contributed by atoms with Gasteiger partial charge in [0.1, 0.15) is 0 Å². The smallest absolute Gasteiger partial charge is 0.0935 e. The van der Waals surface area contributed by atoms with E-state index in [9.17, 15) is 0 Å². The fourth-order valence-electron chi connectivity index (χ4n) is 2.13. The van der Waals surface area contributed by atoms with Gasteiger partial charge in [0, 0.05) is 14.5 Å². The van der Waals surface area contributed by atoms with Crippen molar-refractivity contribution in [2.75, 3.05) is 0 Å². The summed E-state index contributed by atoms with van der Waals surface area (Å²) in [5.41, 5.74) is 3.85. The third kappa shape index (κ3) is 4.58. The lowest BCUT2D eigenvalue weighted by Gasteiger charge is -2.04. The van der Waals surface area contributed by atoms with E-state index in [1.807, 2.05) is 54.6 Å². The Balaban J connectivity index is 0.00000192. The number of hydrogen-bond acceptors (Lipinski definition) is 3. The van der Waals surface area contributed by atoms with Gasteiger partial charge in [-0.2, -0.15) is 5.11 Å². The summed E-state index contributed by atoms with van der Waals surface area (Å²) in [6.45, 7) is 0. The molecule has 0 atom stereocenters. The molecule has 3 N–H and O–H groups in total. The van der Waals surface area contributed by atoms with Crippen LogP contribution in [0.3, 0.4) is 0 Å². The Morgan fingerprint density at radius 3 is 1.96 bits per heavy atom. The molecule has 0 aliphatic carbocycles. The molecule has 0 aromatic heterocycles. The van der Waals surface area contributed by atoms with Gasteiger partial charge in [-0.1, -0.05) is 80.4 Å². The van der Waals surface area contributed by atoms with E-state index >= 15 is 0 Å². The third-order valence-corrected chi connectivity index (χ3v) is 4.03. The zero-order valence-electron chi connectivity index (χ0n) is 12.3. The van der Waals surface area contributed by atoms with Crippen molar-refractivity contribution in [3.63, 3.8) is 0 Å². The number of hydrogen-bond donors (Lipinski definition) is 1. The maximum atomic E-state index is 4.42. The number of azo groups is 1. The van der Waals surface area contributed by atoms with E-state index in [-0.39, 0.29) is 6.15 Å². The van der Waals surface area contributed by atoms with Crippen LogP contribution in [0.5, 0.6) is 0 Å². The molecule has 5 heteroatoms. The first-order valence-electron chi connectivity index (χ1n) is 6.75. The Morgan fingerprint density at radius 1 is 0.652 bits per heavy atom. The summed E-state index contributed by atoms with van der Waals surface area (Å²) < 4.78 is 1.93. The van der Waals surface area contributed by atoms with Crippen LogP contribution >= 0.6 is 31.9 Å². The van der Waals surface area contributed by atoms with Crippen LogP contribution in [0.2, 0.25) is 0 Å². The van der Waals surface area contributed by atoms with Gasteiger partial charge in [-0.05, 0) is 29.8 Å². The first-order chi connectivity index (χ1) is 10.7. The molecule has 0 saturated heterocycles. The predicted molar refractivity (Wildman–Crippen MR) is 103 cm³/mol. The minimum atomic E-state index is 0. The number of benzene rings is 3. The topological polar surface area (TPSA) is 59.7 Å². The Hall–Kier alpha value is -1.82. The highest BCUT2D eigenvalue weighted by Gasteiger charge is 2.03. The van der Waals surface area contributed by atoms with Crippen LogP contribution in [0, 0.1) is 0 Å². The van der Waals surface area contributed by atoms with Crippen LogP contribution in [-0.4, -0.2) is 0 Å². The molecule has 0 unspecified atom stereocenters. The van der Waals surface area contributed by atoms with Gasteiger partial charge < -0.3 is 6.15 Å². The van der Waals surface area contributed by atoms with Crippen molar-refractivity contribution in [1.29, 1.82) is 0 Å². The summed E-state index contributed by atoms with van der Waals surface area (Å²) in [6, 6.07) is 24.0. The maximum absolute atomic E-state index is 4.42. The molecule has 0 bridgehead atoms. The van der Waals surface area contributed by atoms with E-state index in [1.165, 1.54) is 0 Å². The summed E-state index contributed by atoms with van der Waals surface area (Å²) >= 11 is 6.92. The van der Waals surface area contributed by atoms with Crippen LogP contribution in [0.15, 0.2) is 92.0 Å². The van der Waals surface area contributed by atoms with Crippen molar-refractivity contribution >= 4 is 43.2 Å². The Labute approximate surface area is 152 Å². The van der Waals surface area contributed by atoms with Crippen molar-refractivity contribution in [2.24, 2.45) is 10.2 Å². The summed E-state index contributed by atoms with van der Waals surface area (Å²) in [5.74, 6) is 0. The zero-order valence-corrected chi connectivity index (χ0v) is 15.5. The first-order valence-corrected chi connectivity index (χ1v) is 8.33. The van der Waals surface area contributed by atoms with Crippen molar-refractivity contribution < 1.29 is 0 Å². The minimum absolute atomic E-state index is 0. The average molecular weight is 433 g/mol. The summed E-state index contributed by atoms with van der Waals surface area (Å²) in [4.78, 5) is 0. The molecule has 0 fully saturated rings. The average Bonchev–Trinajstić information content (AvgIpc) is 2.53. The molecule has 3 nitrogen and oxygen atoms in total. The lowest BCUT2D eigenvalue weighted by Crippen LogP contribution is -1.77. The molecule has 0 aliphatic heterocycles. The molecule has 23 heavy (non-hydrogen) atoms. The lowest BCUT2D eigenvalue weighted by atomic mass is 10.0. The van der Waals surface area contributed by atoms with Crippen LogP contribution < -0.4 is 6.15 Å². The molecular weight excluding hydrogens is 418 g/mol. The van der Waals surface area contributed by atoms with Gasteiger partial charge in [0.05, 0.1) is 11.4 Å². The van der Waals surface area contributed by atoms with E-state index in [4.69, 9.17) is 0 Å². The molecule has 0 saturated carbocycles. The fourth-order valence-corrected chi connectivity index (χ4v) is 3.40. The SMILES string of the molecule is Brc1cc(Br)cc(N=Nc2ccccc2-c2ccccc2)c1.N. The number of halogens is 2. The van der Waals surface area contributed by atoms with Gasteiger partial charge in [-0.25, -0.2) is 0 Å². The molecule has 116 valence electrons. The van der Waals surface area contributed by atoms with Crippen LogP contribution in [0.4, 0.5) is 11.4 Å². The van der Waals surface area contributed by atoms with E-state index in [0.717, 1.165) is 31.4 Å². The molecule has 0 spiro atoms. The van der Waals surface area contributed by atoms with Crippen LogP contribution in [0.1, 0.15) is 0 Å². The molecule has 3 aromatic rings. The Morgan fingerprint density at radius 2 is 1.26 bits per heavy atom. The molecular formula is C18H15Br2N3. The van der Waals surface area contributed by atoms with Crippen LogP contribution in [-0.2, 0) is 0 Å². The second-order valence-corrected chi connectivity index (χ2v) is 6.54. The summed E-state index contributed by atoms with van der Waals surface area (Å²) in [7, 11) is 0. The molecule has 3 aromatic carbocycles. The maximum Gasteiger partial charge on any atom is 0.0935 e. The highest BCUT2D eigenvalue weighted by atomic mass is 79.9. The second-order valence-electron chi connectivity index (χ2n) is 4.71. The van der Waals surface area contributed by atoms with E-state index in [1.54, 1.807) is 0 Å². The quantitative estimate of drug-likeness (QED) is 0.429. The van der Waals surface area contributed by atoms with Gasteiger partial charge in [-0.3, -0.25) is 0 Å².